The van der Waals surface area contributed by atoms with E-state index in [0.29, 0.717) is 16.9 Å². The highest BCUT2D eigenvalue weighted by molar-refractivity contribution is 14.1. The van der Waals surface area contributed by atoms with Gasteiger partial charge < -0.3 is 5.32 Å². The summed E-state index contributed by atoms with van der Waals surface area (Å²) in [5.41, 5.74) is 9.77. The molecule has 0 atom stereocenters. The lowest BCUT2D eigenvalue weighted by atomic mass is 10.3. The van der Waals surface area contributed by atoms with Crippen LogP contribution in [-0.4, -0.2) is 26.7 Å². The van der Waals surface area contributed by atoms with E-state index >= 15 is 0 Å². The van der Waals surface area contributed by atoms with Gasteiger partial charge in [0.15, 0.2) is 11.3 Å². The molecule has 2 rings (SSSR count). The van der Waals surface area contributed by atoms with E-state index in [1.165, 1.54) is 0 Å². The van der Waals surface area contributed by atoms with Gasteiger partial charge in [-0.3, -0.25) is 5.10 Å². The highest BCUT2D eigenvalue weighted by atomic mass is 127. The third kappa shape index (κ3) is 2.62. The largest absolute Gasteiger partial charge is 0.368 e. The second-order valence-electron chi connectivity index (χ2n) is 3.58. The number of nitrogens with one attached hydrogen (secondary N) is 2. The average Bonchev–Trinajstić information content (AvgIpc) is 2.72. The SMILES string of the molecule is CCCCNc1nc(N=[N+]=[N-])nc2c(I)[nH]nc12. The van der Waals surface area contributed by atoms with Gasteiger partial charge in [-0.15, -0.1) is 0 Å². The zero-order valence-electron chi connectivity index (χ0n) is 9.68. The van der Waals surface area contributed by atoms with Gasteiger partial charge in [-0.1, -0.05) is 13.3 Å². The van der Waals surface area contributed by atoms with Crippen molar-refractivity contribution < 1.29 is 0 Å². The molecule has 0 saturated heterocycles. The number of halogens is 1. The van der Waals surface area contributed by atoms with Crippen LogP contribution in [0.3, 0.4) is 0 Å². The molecule has 2 N–H and O–H groups in total. The van der Waals surface area contributed by atoms with Crippen molar-refractivity contribution >= 4 is 45.4 Å². The van der Waals surface area contributed by atoms with E-state index in [9.17, 15) is 0 Å². The van der Waals surface area contributed by atoms with Crippen LogP contribution < -0.4 is 5.32 Å². The molecule has 2 aromatic heterocycles. The van der Waals surface area contributed by atoms with Crippen molar-refractivity contribution in [1.29, 1.82) is 0 Å². The number of fused-ring (bicyclic) bond motifs is 1. The maximum Gasteiger partial charge on any atom is 0.219 e. The smallest absolute Gasteiger partial charge is 0.219 e. The zero-order chi connectivity index (χ0) is 13.0. The standard InChI is InChI=1S/C9H11IN8/c1-2-3-4-12-8-6-5(7(10)16-15-6)13-9(14-8)17-18-11/h2-4H2,1H3,(H,15,16)(H,12,13,14). The Morgan fingerprint density at radius 3 is 3.00 bits per heavy atom. The van der Waals surface area contributed by atoms with Crippen molar-refractivity contribution in [3.05, 3.63) is 14.1 Å². The summed E-state index contributed by atoms with van der Waals surface area (Å²) < 4.78 is 0.790. The molecule has 0 aliphatic rings. The molecule has 0 saturated carbocycles. The molecule has 0 aliphatic carbocycles. The number of anilines is 1. The van der Waals surface area contributed by atoms with Crippen molar-refractivity contribution in [1.82, 2.24) is 20.2 Å². The van der Waals surface area contributed by atoms with Crippen molar-refractivity contribution in [2.75, 3.05) is 11.9 Å². The molecule has 0 fully saturated rings. The third-order valence-corrected chi connectivity index (χ3v) is 3.06. The Morgan fingerprint density at radius 1 is 1.44 bits per heavy atom. The first-order chi connectivity index (χ1) is 8.76. The predicted molar refractivity (Wildman–Crippen MR) is 76.6 cm³/mol. The number of aromatic nitrogens is 4. The van der Waals surface area contributed by atoms with Crippen molar-refractivity contribution in [3.63, 3.8) is 0 Å². The molecule has 8 nitrogen and oxygen atoms in total. The fraction of sp³-hybridized carbons (Fsp3) is 0.444. The van der Waals surface area contributed by atoms with E-state index in [0.717, 1.165) is 23.1 Å². The molecule has 94 valence electrons. The number of hydrogen-bond acceptors (Lipinski definition) is 5. The zero-order valence-corrected chi connectivity index (χ0v) is 11.8. The van der Waals surface area contributed by atoms with Crippen LogP contribution in [0.1, 0.15) is 19.8 Å². The van der Waals surface area contributed by atoms with Crippen LogP contribution >= 0.6 is 22.6 Å². The normalized spacial score (nSPS) is 10.3. The highest BCUT2D eigenvalue weighted by Gasteiger charge is 2.12. The van der Waals surface area contributed by atoms with E-state index in [1.54, 1.807) is 0 Å². The predicted octanol–water partition coefficient (Wildman–Crippen LogP) is 3.11. The molecular weight excluding hydrogens is 347 g/mol. The monoisotopic (exact) mass is 358 g/mol. The van der Waals surface area contributed by atoms with Gasteiger partial charge in [0.05, 0.1) is 0 Å². The molecule has 0 bridgehead atoms. The molecule has 0 aromatic carbocycles. The van der Waals surface area contributed by atoms with Crippen LogP contribution in [0.2, 0.25) is 0 Å². The number of rotatable bonds is 5. The van der Waals surface area contributed by atoms with E-state index in [-0.39, 0.29) is 5.95 Å². The summed E-state index contributed by atoms with van der Waals surface area (Å²) in [7, 11) is 0. The molecule has 0 amide bonds. The Balaban J connectivity index is 2.44. The average molecular weight is 358 g/mol. The van der Waals surface area contributed by atoms with Gasteiger partial charge in [0.2, 0.25) is 5.95 Å². The lowest BCUT2D eigenvalue weighted by Gasteiger charge is -2.05. The molecule has 0 aliphatic heterocycles. The third-order valence-electron chi connectivity index (χ3n) is 2.30. The molecule has 9 heteroatoms. The molecule has 18 heavy (non-hydrogen) atoms. The van der Waals surface area contributed by atoms with E-state index < -0.39 is 0 Å². The number of hydrogen-bond donors (Lipinski definition) is 2. The number of aromatic amines is 1. The van der Waals surface area contributed by atoms with Gasteiger partial charge in [-0.05, 0) is 39.7 Å². The number of nitrogens with zero attached hydrogens (tertiary/aromatic N) is 6. The first-order valence-electron chi connectivity index (χ1n) is 5.46. The Bertz CT molecular complexity index is 600. The summed E-state index contributed by atoms with van der Waals surface area (Å²) in [6.45, 7) is 2.90. The first kappa shape index (κ1) is 12.8. The van der Waals surface area contributed by atoms with Crippen molar-refractivity contribution in [2.24, 2.45) is 5.11 Å². The Labute approximate surface area is 116 Å². The van der Waals surface area contributed by atoms with Gasteiger partial charge in [0.1, 0.15) is 9.22 Å². The van der Waals surface area contributed by atoms with E-state index in [1.807, 2.05) is 0 Å². The summed E-state index contributed by atoms with van der Waals surface area (Å²) in [5, 5.41) is 13.6. The number of azide groups is 1. The summed E-state index contributed by atoms with van der Waals surface area (Å²) in [4.78, 5) is 11.0. The summed E-state index contributed by atoms with van der Waals surface area (Å²) in [5.74, 6) is 0.693. The highest BCUT2D eigenvalue weighted by Crippen LogP contribution is 2.24. The number of H-pyrrole nitrogens is 1. The minimum atomic E-state index is 0.100. The molecule has 0 radical (unpaired) electrons. The molecule has 0 unspecified atom stereocenters. The van der Waals surface area contributed by atoms with Gasteiger partial charge in [-0.25, -0.2) is 9.97 Å². The minimum absolute atomic E-state index is 0.100. The van der Waals surface area contributed by atoms with Gasteiger partial charge in [-0.2, -0.15) is 5.10 Å². The molecule has 0 spiro atoms. The van der Waals surface area contributed by atoms with Crippen LogP contribution in [0.4, 0.5) is 11.8 Å². The summed E-state index contributed by atoms with van der Waals surface area (Å²) >= 11 is 2.09. The van der Waals surface area contributed by atoms with Crippen molar-refractivity contribution in [2.45, 2.75) is 19.8 Å². The van der Waals surface area contributed by atoms with E-state index in [4.69, 9.17) is 5.53 Å². The quantitative estimate of drug-likeness (QED) is 0.281. The van der Waals surface area contributed by atoms with Crippen LogP contribution in [0.15, 0.2) is 5.11 Å². The molecular formula is C9H11IN8. The molecule has 2 heterocycles. The number of unbranched alkanes of at least 4 members (excludes halogenated alkanes) is 1. The fourth-order valence-electron chi connectivity index (χ4n) is 1.45. The molecule has 2 aromatic rings. The Kier molecular flexibility index (Phi) is 4.15. The summed E-state index contributed by atoms with van der Waals surface area (Å²) in [6.07, 6.45) is 2.12. The van der Waals surface area contributed by atoms with Crippen LogP contribution in [0, 0.1) is 3.70 Å². The second-order valence-corrected chi connectivity index (χ2v) is 4.66. The summed E-state index contributed by atoms with van der Waals surface area (Å²) in [6, 6.07) is 0. The van der Waals surface area contributed by atoms with Crippen LogP contribution in [-0.2, 0) is 0 Å². The van der Waals surface area contributed by atoms with E-state index in [2.05, 4.69) is 65.0 Å². The lowest BCUT2D eigenvalue weighted by molar-refractivity contribution is 0.831. The van der Waals surface area contributed by atoms with Gasteiger partial charge in [0.25, 0.3) is 0 Å². The maximum atomic E-state index is 8.45. The first-order valence-corrected chi connectivity index (χ1v) is 6.54. The van der Waals surface area contributed by atoms with Crippen molar-refractivity contribution in [3.8, 4) is 0 Å². The van der Waals surface area contributed by atoms with Gasteiger partial charge >= 0.3 is 0 Å². The Hall–Kier alpha value is -1.61. The second kappa shape index (κ2) is 5.83. The maximum absolute atomic E-state index is 8.45. The Morgan fingerprint density at radius 2 is 2.28 bits per heavy atom. The fourth-order valence-corrected chi connectivity index (χ4v) is 1.95. The topological polar surface area (TPSA) is 115 Å². The minimum Gasteiger partial charge on any atom is -0.368 e. The van der Waals surface area contributed by atoms with Crippen LogP contribution in [0.5, 0.6) is 0 Å². The van der Waals surface area contributed by atoms with Gasteiger partial charge in [0, 0.05) is 11.5 Å². The lowest BCUT2D eigenvalue weighted by Crippen LogP contribution is -2.04. The van der Waals surface area contributed by atoms with Crippen LogP contribution in [0.25, 0.3) is 21.5 Å².